The number of Topliss-reactive ketones (excluding diaryl/α,β-unsaturated/α-hetero) is 1. The standard InChI is InChI=1S/C13H18N2O4S/c1-8-7-15(5-4-6-19-8)13-14-10(12(17)18-3)11(20-13)9(2)16/h8H,4-7H2,1-3H3. The molecule has 0 aliphatic carbocycles. The summed E-state index contributed by atoms with van der Waals surface area (Å²) in [5.41, 5.74) is 0.109. The summed E-state index contributed by atoms with van der Waals surface area (Å²) in [4.78, 5) is 30.0. The van der Waals surface area contributed by atoms with Crippen molar-refractivity contribution in [3.8, 4) is 0 Å². The third-order valence-electron chi connectivity index (χ3n) is 3.04. The molecule has 1 atom stereocenters. The first-order valence-electron chi connectivity index (χ1n) is 6.49. The van der Waals surface area contributed by atoms with Crippen molar-refractivity contribution in [2.45, 2.75) is 26.4 Å². The second kappa shape index (κ2) is 6.32. The van der Waals surface area contributed by atoms with Crippen LogP contribution in [0, 0.1) is 0 Å². The van der Waals surface area contributed by atoms with Crippen LogP contribution in [0.2, 0.25) is 0 Å². The van der Waals surface area contributed by atoms with Crippen LogP contribution in [-0.2, 0) is 9.47 Å². The molecule has 7 heteroatoms. The highest BCUT2D eigenvalue weighted by Crippen LogP contribution is 2.28. The summed E-state index contributed by atoms with van der Waals surface area (Å²) in [6.45, 7) is 5.64. The number of methoxy groups -OCH3 is 1. The summed E-state index contributed by atoms with van der Waals surface area (Å²) < 4.78 is 10.3. The van der Waals surface area contributed by atoms with E-state index >= 15 is 0 Å². The lowest BCUT2D eigenvalue weighted by atomic mass is 10.3. The maximum absolute atomic E-state index is 11.7. The van der Waals surface area contributed by atoms with Gasteiger partial charge in [0.15, 0.2) is 16.6 Å². The van der Waals surface area contributed by atoms with Gasteiger partial charge in [-0.2, -0.15) is 0 Å². The molecular weight excluding hydrogens is 280 g/mol. The first kappa shape index (κ1) is 14.9. The minimum Gasteiger partial charge on any atom is -0.464 e. The number of carbonyl (C=O) groups excluding carboxylic acids is 2. The smallest absolute Gasteiger partial charge is 0.358 e. The summed E-state index contributed by atoms with van der Waals surface area (Å²) in [5.74, 6) is -0.745. The highest BCUT2D eigenvalue weighted by molar-refractivity contribution is 7.17. The van der Waals surface area contributed by atoms with Gasteiger partial charge in [0.1, 0.15) is 4.88 Å². The summed E-state index contributed by atoms with van der Waals surface area (Å²) in [5, 5.41) is 0.674. The van der Waals surface area contributed by atoms with Gasteiger partial charge in [-0.05, 0) is 13.3 Å². The number of carbonyl (C=O) groups is 2. The lowest BCUT2D eigenvalue weighted by Crippen LogP contribution is -2.30. The molecular formula is C13H18N2O4S. The Balaban J connectivity index is 2.32. The number of ketones is 1. The number of anilines is 1. The molecule has 1 aromatic rings. The molecule has 2 heterocycles. The van der Waals surface area contributed by atoms with E-state index in [-0.39, 0.29) is 17.6 Å². The average molecular weight is 298 g/mol. The van der Waals surface area contributed by atoms with Gasteiger partial charge in [-0.15, -0.1) is 0 Å². The molecule has 110 valence electrons. The lowest BCUT2D eigenvalue weighted by Gasteiger charge is -2.20. The zero-order chi connectivity index (χ0) is 14.7. The van der Waals surface area contributed by atoms with Gasteiger partial charge in [-0.3, -0.25) is 4.79 Å². The van der Waals surface area contributed by atoms with Gasteiger partial charge in [0.05, 0.1) is 13.2 Å². The van der Waals surface area contributed by atoms with Crippen LogP contribution in [0.4, 0.5) is 5.13 Å². The van der Waals surface area contributed by atoms with E-state index in [2.05, 4.69) is 14.6 Å². The normalized spacial score (nSPS) is 19.6. The highest BCUT2D eigenvalue weighted by Gasteiger charge is 2.25. The molecule has 0 radical (unpaired) electrons. The zero-order valence-corrected chi connectivity index (χ0v) is 12.7. The van der Waals surface area contributed by atoms with Crippen molar-refractivity contribution in [2.24, 2.45) is 0 Å². The van der Waals surface area contributed by atoms with Gasteiger partial charge < -0.3 is 14.4 Å². The van der Waals surface area contributed by atoms with Crippen molar-refractivity contribution in [2.75, 3.05) is 31.7 Å². The number of aromatic nitrogens is 1. The van der Waals surface area contributed by atoms with E-state index in [1.54, 1.807) is 0 Å². The van der Waals surface area contributed by atoms with Crippen molar-refractivity contribution in [3.63, 3.8) is 0 Å². The lowest BCUT2D eigenvalue weighted by molar-refractivity contribution is 0.0591. The monoisotopic (exact) mass is 298 g/mol. The van der Waals surface area contributed by atoms with Crippen LogP contribution in [0.3, 0.4) is 0 Å². The Bertz CT molecular complexity index is 514. The van der Waals surface area contributed by atoms with E-state index in [0.29, 0.717) is 23.2 Å². The van der Waals surface area contributed by atoms with E-state index in [1.165, 1.54) is 25.4 Å². The zero-order valence-electron chi connectivity index (χ0n) is 11.8. The minimum absolute atomic E-state index is 0.101. The summed E-state index contributed by atoms with van der Waals surface area (Å²) in [6.07, 6.45) is 0.996. The predicted octanol–water partition coefficient (Wildman–Crippen LogP) is 1.75. The van der Waals surface area contributed by atoms with Crippen molar-refractivity contribution < 1.29 is 19.1 Å². The maximum Gasteiger partial charge on any atom is 0.358 e. The van der Waals surface area contributed by atoms with Gasteiger partial charge in [0.2, 0.25) is 0 Å². The molecule has 0 bridgehead atoms. The van der Waals surface area contributed by atoms with Crippen LogP contribution in [0.1, 0.15) is 40.4 Å². The topological polar surface area (TPSA) is 68.7 Å². The highest BCUT2D eigenvalue weighted by atomic mass is 32.1. The van der Waals surface area contributed by atoms with Gasteiger partial charge in [-0.25, -0.2) is 9.78 Å². The number of rotatable bonds is 3. The molecule has 1 unspecified atom stereocenters. The fourth-order valence-electron chi connectivity index (χ4n) is 2.09. The van der Waals surface area contributed by atoms with Crippen LogP contribution in [0.15, 0.2) is 0 Å². The Morgan fingerprint density at radius 3 is 2.90 bits per heavy atom. The number of thiazole rings is 1. The number of nitrogens with zero attached hydrogens (tertiary/aromatic N) is 2. The number of hydrogen-bond acceptors (Lipinski definition) is 7. The summed E-state index contributed by atoms with van der Waals surface area (Å²) in [6, 6.07) is 0. The molecule has 1 saturated heterocycles. The molecule has 0 saturated carbocycles. The Kier molecular flexibility index (Phi) is 4.72. The van der Waals surface area contributed by atoms with Crippen LogP contribution < -0.4 is 4.90 Å². The predicted molar refractivity (Wildman–Crippen MR) is 75.7 cm³/mol. The molecule has 0 N–H and O–H groups in total. The van der Waals surface area contributed by atoms with Crippen LogP contribution in [0.25, 0.3) is 0 Å². The van der Waals surface area contributed by atoms with Gasteiger partial charge >= 0.3 is 5.97 Å². The maximum atomic E-state index is 11.7. The quantitative estimate of drug-likeness (QED) is 0.625. The van der Waals surface area contributed by atoms with E-state index in [9.17, 15) is 9.59 Å². The molecule has 1 fully saturated rings. The minimum atomic E-state index is -0.572. The Morgan fingerprint density at radius 1 is 1.50 bits per heavy atom. The summed E-state index contributed by atoms with van der Waals surface area (Å²) >= 11 is 1.24. The SMILES string of the molecule is COC(=O)c1nc(N2CCCOC(C)C2)sc1C(C)=O. The first-order chi connectivity index (χ1) is 9.52. The van der Waals surface area contributed by atoms with Crippen molar-refractivity contribution in [3.05, 3.63) is 10.6 Å². The fraction of sp³-hybridized carbons (Fsp3) is 0.615. The summed E-state index contributed by atoms with van der Waals surface area (Å²) in [7, 11) is 1.28. The number of esters is 1. The molecule has 0 spiro atoms. The second-order valence-corrected chi connectivity index (χ2v) is 5.68. The van der Waals surface area contributed by atoms with E-state index in [0.717, 1.165) is 13.0 Å². The second-order valence-electron chi connectivity index (χ2n) is 4.70. The van der Waals surface area contributed by atoms with E-state index < -0.39 is 5.97 Å². The number of hydrogen-bond donors (Lipinski definition) is 0. The molecule has 20 heavy (non-hydrogen) atoms. The molecule has 6 nitrogen and oxygen atoms in total. The molecule has 1 aliphatic rings. The molecule has 0 aromatic carbocycles. The Morgan fingerprint density at radius 2 is 2.25 bits per heavy atom. The van der Waals surface area contributed by atoms with Gasteiger partial charge in [0, 0.05) is 26.6 Å². The van der Waals surface area contributed by atoms with E-state index in [4.69, 9.17) is 4.74 Å². The van der Waals surface area contributed by atoms with Crippen molar-refractivity contribution >= 4 is 28.2 Å². The van der Waals surface area contributed by atoms with Crippen LogP contribution >= 0.6 is 11.3 Å². The molecule has 1 aromatic heterocycles. The Labute approximate surface area is 121 Å². The molecule has 0 amide bonds. The van der Waals surface area contributed by atoms with Crippen LogP contribution in [0.5, 0.6) is 0 Å². The van der Waals surface area contributed by atoms with Crippen molar-refractivity contribution in [1.82, 2.24) is 4.98 Å². The first-order valence-corrected chi connectivity index (χ1v) is 7.31. The largest absolute Gasteiger partial charge is 0.464 e. The average Bonchev–Trinajstić information content (AvgIpc) is 2.75. The fourth-order valence-corrected chi connectivity index (χ4v) is 3.07. The third kappa shape index (κ3) is 3.16. The third-order valence-corrected chi connectivity index (χ3v) is 4.25. The molecule has 1 aliphatic heterocycles. The number of ether oxygens (including phenoxy) is 2. The Hall–Kier alpha value is -1.47. The van der Waals surface area contributed by atoms with E-state index in [1.807, 2.05) is 6.92 Å². The van der Waals surface area contributed by atoms with Crippen LogP contribution in [-0.4, -0.2) is 49.6 Å². The molecule has 2 rings (SSSR count). The van der Waals surface area contributed by atoms with Crippen molar-refractivity contribution in [1.29, 1.82) is 0 Å². The van der Waals surface area contributed by atoms with Gasteiger partial charge in [-0.1, -0.05) is 11.3 Å². The van der Waals surface area contributed by atoms with Gasteiger partial charge in [0.25, 0.3) is 0 Å².